The summed E-state index contributed by atoms with van der Waals surface area (Å²) in [4.78, 5) is 19.5. The zero-order chi connectivity index (χ0) is 7.98. The molecule has 0 aromatic carbocycles. The fraction of sp³-hybridized carbons (Fsp3) is 0.333. The Morgan fingerprint density at radius 3 is 2.60 bits per heavy atom. The Morgan fingerprint density at radius 2 is 2.20 bits per heavy atom. The van der Waals surface area contributed by atoms with Crippen molar-refractivity contribution >= 4 is 12.3 Å². The average molecular weight is 144 g/mol. The zero-order valence-electron chi connectivity index (χ0n) is 5.23. The Hall–Kier alpha value is -1.16. The number of carboxylic acids is 1. The minimum Gasteiger partial charge on any atom is -0.478 e. The molecule has 1 atom stereocenters. The summed E-state index contributed by atoms with van der Waals surface area (Å²) in [5.41, 5.74) is 0. The molecule has 2 N–H and O–H groups in total. The standard InChI is InChI=1S/C6H8O4/c7-4-3-5(8)1-2-6(9)10/h1-2,4-5,8H,3H2,(H,9,10). The molecular formula is C6H8O4. The highest BCUT2D eigenvalue weighted by atomic mass is 16.4. The molecule has 0 saturated carbocycles. The van der Waals surface area contributed by atoms with Gasteiger partial charge in [-0.2, -0.15) is 0 Å². The first kappa shape index (κ1) is 8.84. The monoisotopic (exact) mass is 144 g/mol. The Labute approximate surface area is 57.8 Å². The molecule has 4 nitrogen and oxygen atoms in total. The molecule has 0 aliphatic carbocycles. The van der Waals surface area contributed by atoms with Crippen LogP contribution in [-0.4, -0.2) is 28.6 Å². The molecule has 0 radical (unpaired) electrons. The molecular weight excluding hydrogens is 136 g/mol. The molecule has 10 heavy (non-hydrogen) atoms. The number of rotatable bonds is 4. The van der Waals surface area contributed by atoms with Gasteiger partial charge < -0.3 is 15.0 Å². The van der Waals surface area contributed by atoms with E-state index in [1.54, 1.807) is 0 Å². The second-order valence-corrected chi connectivity index (χ2v) is 1.67. The van der Waals surface area contributed by atoms with Crippen molar-refractivity contribution in [2.24, 2.45) is 0 Å². The number of aliphatic hydroxyl groups excluding tert-OH is 1. The lowest BCUT2D eigenvalue weighted by atomic mass is 10.2. The largest absolute Gasteiger partial charge is 0.478 e. The smallest absolute Gasteiger partial charge is 0.328 e. The fourth-order valence-electron chi connectivity index (χ4n) is 0.371. The van der Waals surface area contributed by atoms with E-state index in [-0.39, 0.29) is 6.42 Å². The van der Waals surface area contributed by atoms with Crippen LogP contribution in [0.2, 0.25) is 0 Å². The quantitative estimate of drug-likeness (QED) is 0.415. The maximum Gasteiger partial charge on any atom is 0.328 e. The maximum atomic E-state index is 9.82. The third-order valence-corrected chi connectivity index (χ3v) is 0.799. The van der Waals surface area contributed by atoms with Crippen LogP contribution >= 0.6 is 0 Å². The van der Waals surface area contributed by atoms with Gasteiger partial charge in [-0.3, -0.25) is 0 Å². The van der Waals surface area contributed by atoms with Crippen LogP contribution in [-0.2, 0) is 9.59 Å². The van der Waals surface area contributed by atoms with Crippen LogP contribution in [0.4, 0.5) is 0 Å². The van der Waals surface area contributed by atoms with Gasteiger partial charge in [0.15, 0.2) is 0 Å². The molecule has 0 heterocycles. The van der Waals surface area contributed by atoms with E-state index in [1.165, 1.54) is 0 Å². The lowest BCUT2D eigenvalue weighted by molar-refractivity contribution is -0.131. The molecule has 56 valence electrons. The number of carbonyl (C=O) groups excluding carboxylic acids is 1. The second kappa shape index (κ2) is 4.69. The minimum atomic E-state index is -1.13. The van der Waals surface area contributed by atoms with E-state index in [9.17, 15) is 9.59 Å². The summed E-state index contributed by atoms with van der Waals surface area (Å²) in [7, 11) is 0. The van der Waals surface area contributed by atoms with Gasteiger partial charge in [0.05, 0.1) is 6.10 Å². The number of aliphatic carboxylic acids is 1. The number of aliphatic hydroxyl groups is 1. The molecule has 0 spiro atoms. The van der Waals surface area contributed by atoms with Crippen molar-refractivity contribution in [3.05, 3.63) is 12.2 Å². The van der Waals surface area contributed by atoms with Crippen molar-refractivity contribution in [2.75, 3.05) is 0 Å². The van der Waals surface area contributed by atoms with E-state index in [0.29, 0.717) is 6.29 Å². The van der Waals surface area contributed by atoms with E-state index in [2.05, 4.69) is 0 Å². The van der Waals surface area contributed by atoms with Gasteiger partial charge in [0.25, 0.3) is 0 Å². The highest BCUT2D eigenvalue weighted by Gasteiger charge is 1.96. The molecule has 4 heteroatoms. The van der Waals surface area contributed by atoms with Crippen LogP contribution in [0.1, 0.15) is 6.42 Å². The third kappa shape index (κ3) is 4.99. The SMILES string of the molecule is O=CCC(O)C=CC(=O)O. The molecule has 0 aromatic rings. The van der Waals surface area contributed by atoms with Crippen molar-refractivity contribution in [2.45, 2.75) is 12.5 Å². The molecule has 0 rings (SSSR count). The van der Waals surface area contributed by atoms with Crippen LogP contribution in [0.3, 0.4) is 0 Å². The molecule has 0 bridgehead atoms. The molecule has 0 aromatic heterocycles. The number of hydrogen-bond acceptors (Lipinski definition) is 3. The fourth-order valence-corrected chi connectivity index (χ4v) is 0.371. The van der Waals surface area contributed by atoms with Crippen LogP contribution < -0.4 is 0 Å². The van der Waals surface area contributed by atoms with Crippen LogP contribution in [0.15, 0.2) is 12.2 Å². The summed E-state index contributed by atoms with van der Waals surface area (Å²) in [6, 6.07) is 0. The van der Waals surface area contributed by atoms with Gasteiger partial charge in [-0.15, -0.1) is 0 Å². The number of aldehydes is 1. The summed E-state index contributed by atoms with van der Waals surface area (Å²) < 4.78 is 0. The Balaban J connectivity index is 3.65. The number of carbonyl (C=O) groups is 2. The lowest BCUT2D eigenvalue weighted by Gasteiger charge is -1.95. The lowest BCUT2D eigenvalue weighted by Crippen LogP contribution is -2.03. The minimum absolute atomic E-state index is 0.0657. The van der Waals surface area contributed by atoms with Crippen molar-refractivity contribution in [3.63, 3.8) is 0 Å². The van der Waals surface area contributed by atoms with E-state index in [4.69, 9.17) is 10.2 Å². The highest BCUT2D eigenvalue weighted by Crippen LogP contribution is 1.89. The Kier molecular flexibility index (Phi) is 4.15. The normalized spacial score (nSPS) is 13.3. The van der Waals surface area contributed by atoms with Gasteiger partial charge in [0, 0.05) is 12.5 Å². The first-order valence-corrected chi connectivity index (χ1v) is 2.69. The van der Waals surface area contributed by atoms with Gasteiger partial charge in [-0.25, -0.2) is 4.79 Å². The van der Waals surface area contributed by atoms with Gasteiger partial charge >= 0.3 is 5.97 Å². The van der Waals surface area contributed by atoms with E-state index < -0.39 is 12.1 Å². The topological polar surface area (TPSA) is 74.6 Å². The summed E-state index contributed by atoms with van der Waals surface area (Å²) in [6.45, 7) is 0. The van der Waals surface area contributed by atoms with E-state index in [1.807, 2.05) is 0 Å². The molecule has 0 aliphatic rings. The third-order valence-electron chi connectivity index (χ3n) is 0.799. The van der Waals surface area contributed by atoms with Gasteiger partial charge in [0.2, 0.25) is 0 Å². The molecule has 0 aliphatic heterocycles. The first-order chi connectivity index (χ1) is 4.66. The van der Waals surface area contributed by atoms with Gasteiger partial charge in [-0.1, -0.05) is 0 Å². The van der Waals surface area contributed by atoms with Gasteiger partial charge in [-0.05, 0) is 6.08 Å². The summed E-state index contributed by atoms with van der Waals surface area (Å²) in [6.07, 6.45) is 1.33. The zero-order valence-corrected chi connectivity index (χ0v) is 5.23. The van der Waals surface area contributed by atoms with Gasteiger partial charge in [0.1, 0.15) is 6.29 Å². The van der Waals surface area contributed by atoms with Crippen molar-refractivity contribution in [1.82, 2.24) is 0 Å². The summed E-state index contributed by atoms with van der Waals surface area (Å²) in [5.74, 6) is -1.13. The van der Waals surface area contributed by atoms with E-state index >= 15 is 0 Å². The van der Waals surface area contributed by atoms with Crippen LogP contribution in [0.5, 0.6) is 0 Å². The van der Waals surface area contributed by atoms with Crippen molar-refractivity contribution in [3.8, 4) is 0 Å². The summed E-state index contributed by atoms with van der Waals surface area (Å²) >= 11 is 0. The van der Waals surface area contributed by atoms with Crippen molar-refractivity contribution in [1.29, 1.82) is 0 Å². The summed E-state index contributed by atoms with van der Waals surface area (Å²) in [5, 5.41) is 16.8. The molecule has 0 amide bonds. The maximum absolute atomic E-state index is 9.82. The van der Waals surface area contributed by atoms with Crippen molar-refractivity contribution < 1.29 is 19.8 Å². The number of hydrogen-bond donors (Lipinski definition) is 2. The Morgan fingerprint density at radius 1 is 1.60 bits per heavy atom. The Bertz CT molecular complexity index is 150. The number of carboxylic acid groups (broad SMARTS) is 1. The molecule has 1 unspecified atom stereocenters. The highest BCUT2D eigenvalue weighted by molar-refractivity contribution is 5.79. The van der Waals surface area contributed by atoms with Crippen LogP contribution in [0.25, 0.3) is 0 Å². The molecule has 0 fully saturated rings. The molecule has 0 saturated heterocycles. The predicted octanol–water partition coefficient (Wildman–Crippen LogP) is -0.423. The average Bonchev–Trinajstić information content (AvgIpc) is 1.85. The van der Waals surface area contributed by atoms with E-state index in [0.717, 1.165) is 12.2 Å². The first-order valence-electron chi connectivity index (χ1n) is 2.69. The predicted molar refractivity (Wildman–Crippen MR) is 33.5 cm³/mol. The van der Waals surface area contributed by atoms with Crippen LogP contribution in [0, 0.1) is 0 Å². The second-order valence-electron chi connectivity index (χ2n) is 1.67.